The Kier molecular flexibility index (Phi) is 5.18. The van der Waals surface area contributed by atoms with Gasteiger partial charge in [-0.05, 0) is 24.3 Å². The van der Waals surface area contributed by atoms with E-state index < -0.39 is 0 Å². The van der Waals surface area contributed by atoms with E-state index in [1.165, 1.54) is 17.4 Å². The number of esters is 1. The van der Waals surface area contributed by atoms with Crippen molar-refractivity contribution in [3.8, 4) is 10.6 Å². The normalized spacial score (nSPS) is 10.9. The molecule has 0 aliphatic heterocycles. The molecule has 0 unspecified atom stereocenters. The number of thiazole rings is 1. The quantitative estimate of drug-likeness (QED) is 0.334. The van der Waals surface area contributed by atoms with Crippen LogP contribution in [0.4, 0.5) is 0 Å². The van der Waals surface area contributed by atoms with Crippen molar-refractivity contribution < 1.29 is 9.53 Å². The molecule has 4 rings (SSSR count). The van der Waals surface area contributed by atoms with Gasteiger partial charge in [-0.15, -0.1) is 23.1 Å². The standard InChI is InChI=1S/C21H16N2O2S2/c1-25-21(24)15-8-6-14(7-9-15)20-23-16(13-27-20)12-26-19-10-11-22-18-5-3-2-4-17(18)19/h2-11,13H,12H2,1H3. The van der Waals surface area contributed by atoms with E-state index in [0.29, 0.717) is 5.56 Å². The number of benzene rings is 2. The Balaban J connectivity index is 1.49. The molecule has 4 aromatic rings. The predicted molar refractivity (Wildman–Crippen MR) is 110 cm³/mol. The molecule has 0 atom stereocenters. The fourth-order valence-electron chi connectivity index (χ4n) is 2.72. The summed E-state index contributed by atoms with van der Waals surface area (Å²) >= 11 is 3.37. The Labute approximate surface area is 165 Å². The maximum Gasteiger partial charge on any atom is 0.337 e. The molecule has 27 heavy (non-hydrogen) atoms. The molecule has 134 valence electrons. The predicted octanol–water partition coefficient (Wildman–Crippen LogP) is 5.44. The lowest BCUT2D eigenvalue weighted by Crippen LogP contribution is -2.00. The fourth-order valence-corrected chi connectivity index (χ4v) is 4.59. The summed E-state index contributed by atoms with van der Waals surface area (Å²) in [5.74, 6) is 0.465. The Morgan fingerprint density at radius 1 is 1.11 bits per heavy atom. The van der Waals surface area contributed by atoms with Crippen LogP contribution in [0.25, 0.3) is 21.5 Å². The fraction of sp³-hybridized carbons (Fsp3) is 0.0952. The summed E-state index contributed by atoms with van der Waals surface area (Å²) < 4.78 is 4.73. The molecule has 2 aromatic heterocycles. The summed E-state index contributed by atoms with van der Waals surface area (Å²) in [7, 11) is 1.38. The number of carbonyl (C=O) groups is 1. The van der Waals surface area contributed by atoms with Crippen molar-refractivity contribution in [2.45, 2.75) is 10.6 Å². The molecule has 2 aromatic carbocycles. The molecule has 0 amide bonds. The number of thioether (sulfide) groups is 1. The van der Waals surface area contributed by atoms with Crippen molar-refractivity contribution in [2.75, 3.05) is 7.11 Å². The van der Waals surface area contributed by atoms with E-state index in [1.54, 1.807) is 35.2 Å². The first-order valence-electron chi connectivity index (χ1n) is 8.34. The van der Waals surface area contributed by atoms with Crippen molar-refractivity contribution >= 4 is 40.0 Å². The Bertz CT molecular complexity index is 1090. The number of carbonyl (C=O) groups excluding carboxylic acids is 1. The largest absolute Gasteiger partial charge is 0.465 e. The van der Waals surface area contributed by atoms with Crippen LogP contribution in [0.5, 0.6) is 0 Å². The summed E-state index contributed by atoms with van der Waals surface area (Å²) in [5.41, 5.74) is 3.58. The van der Waals surface area contributed by atoms with Gasteiger partial charge in [0.05, 0.1) is 23.9 Å². The van der Waals surface area contributed by atoms with Crippen LogP contribution in [0, 0.1) is 0 Å². The lowest BCUT2D eigenvalue weighted by molar-refractivity contribution is 0.0601. The lowest BCUT2D eigenvalue weighted by atomic mass is 10.1. The zero-order valence-electron chi connectivity index (χ0n) is 14.6. The van der Waals surface area contributed by atoms with Gasteiger partial charge in [0.25, 0.3) is 0 Å². The van der Waals surface area contributed by atoms with Crippen LogP contribution in [0.2, 0.25) is 0 Å². The molecule has 0 aliphatic rings. The molecule has 0 N–H and O–H groups in total. The SMILES string of the molecule is COC(=O)c1ccc(-c2nc(CSc3ccnc4ccccc34)cs2)cc1. The molecule has 0 radical (unpaired) electrons. The van der Waals surface area contributed by atoms with Gasteiger partial charge in [0.15, 0.2) is 0 Å². The van der Waals surface area contributed by atoms with Gasteiger partial charge in [0.1, 0.15) is 5.01 Å². The maximum absolute atomic E-state index is 11.5. The zero-order chi connectivity index (χ0) is 18.6. The third-order valence-corrected chi connectivity index (χ3v) is 6.14. The van der Waals surface area contributed by atoms with Gasteiger partial charge in [-0.1, -0.05) is 30.3 Å². The molecule has 2 heterocycles. The van der Waals surface area contributed by atoms with Gasteiger partial charge >= 0.3 is 5.97 Å². The van der Waals surface area contributed by atoms with Gasteiger partial charge in [-0.25, -0.2) is 9.78 Å². The minimum absolute atomic E-state index is 0.331. The van der Waals surface area contributed by atoms with Crippen LogP contribution in [-0.4, -0.2) is 23.0 Å². The van der Waals surface area contributed by atoms with Gasteiger partial charge in [-0.3, -0.25) is 4.98 Å². The third kappa shape index (κ3) is 3.86. The van der Waals surface area contributed by atoms with Crippen molar-refractivity contribution in [3.63, 3.8) is 0 Å². The van der Waals surface area contributed by atoms with E-state index in [0.717, 1.165) is 27.5 Å². The number of fused-ring (bicyclic) bond motifs is 1. The number of hydrogen-bond donors (Lipinski definition) is 0. The highest BCUT2D eigenvalue weighted by molar-refractivity contribution is 7.98. The summed E-state index contributed by atoms with van der Waals surface area (Å²) in [4.78, 5) is 21.9. The molecular formula is C21H16N2O2S2. The minimum Gasteiger partial charge on any atom is -0.465 e. The molecule has 6 heteroatoms. The Morgan fingerprint density at radius 3 is 2.74 bits per heavy atom. The van der Waals surface area contributed by atoms with E-state index in [9.17, 15) is 4.79 Å². The summed E-state index contributed by atoms with van der Waals surface area (Å²) in [6, 6.07) is 17.5. The van der Waals surface area contributed by atoms with Crippen LogP contribution in [0.15, 0.2) is 71.1 Å². The zero-order valence-corrected chi connectivity index (χ0v) is 16.2. The van der Waals surface area contributed by atoms with E-state index >= 15 is 0 Å². The van der Waals surface area contributed by atoms with Crippen LogP contribution >= 0.6 is 23.1 Å². The van der Waals surface area contributed by atoms with Crippen molar-refractivity contribution in [1.82, 2.24) is 9.97 Å². The van der Waals surface area contributed by atoms with E-state index in [2.05, 4.69) is 16.4 Å². The highest BCUT2D eigenvalue weighted by atomic mass is 32.2. The second-order valence-corrected chi connectivity index (χ2v) is 7.70. The summed E-state index contributed by atoms with van der Waals surface area (Å²) in [6.45, 7) is 0. The van der Waals surface area contributed by atoms with Crippen molar-refractivity contribution in [1.29, 1.82) is 0 Å². The molecule has 0 aliphatic carbocycles. The first-order chi connectivity index (χ1) is 13.2. The molecule has 0 fully saturated rings. The number of para-hydroxylation sites is 1. The van der Waals surface area contributed by atoms with E-state index in [-0.39, 0.29) is 5.97 Å². The molecule has 0 saturated carbocycles. The van der Waals surface area contributed by atoms with Crippen LogP contribution in [0.3, 0.4) is 0 Å². The van der Waals surface area contributed by atoms with Crippen LogP contribution in [0.1, 0.15) is 16.1 Å². The topological polar surface area (TPSA) is 52.1 Å². The average molecular weight is 393 g/mol. The molecular weight excluding hydrogens is 376 g/mol. The molecule has 0 saturated heterocycles. The maximum atomic E-state index is 11.5. The van der Waals surface area contributed by atoms with Gasteiger partial charge in [-0.2, -0.15) is 0 Å². The summed E-state index contributed by atoms with van der Waals surface area (Å²) in [5, 5.41) is 4.19. The molecule has 4 nitrogen and oxygen atoms in total. The van der Waals surface area contributed by atoms with Crippen LogP contribution < -0.4 is 0 Å². The Hall–Kier alpha value is -2.70. The molecule has 0 spiro atoms. The highest BCUT2D eigenvalue weighted by Gasteiger charge is 2.09. The van der Waals surface area contributed by atoms with Crippen LogP contribution in [-0.2, 0) is 10.5 Å². The lowest BCUT2D eigenvalue weighted by Gasteiger charge is -2.04. The number of rotatable bonds is 5. The first-order valence-corrected chi connectivity index (χ1v) is 10.2. The average Bonchev–Trinajstić information content (AvgIpc) is 3.21. The van der Waals surface area contributed by atoms with Crippen molar-refractivity contribution in [2.24, 2.45) is 0 Å². The number of aromatic nitrogens is 2. The monoisotopic (exact) mass is 392 g/mol. The number of methoxy groups -OCH3 is 1. The second-order valence-electron chi connectivity index (χ2n) is 5.83. The van der Waals surface area contributed by atoms with Gasteiger partial charge in [0, 0.05) is 33.2 Å². The van der Waals surface area contributed by atoms with Crippen molar-refractivity contribution in [3.05, 3.63) is 77.4 Å². The third-order valence-electron chi connectivity index (χ3n) is 4.09. The van der Waals surface area contributed by atoms with Gasteiger partial charge in [0.2, 0.25) is 0 Å². The molecule has 0 bridgehead atoms. The number of nitrogens with zero attached hydrogens (tertiary/aromatic N) is 2. The summed E-state index contributed by atoms with van der Waals surface area (Å²) in [6.07, 6.45) is 1.85. The number of hydrogen-bond acceptors (Lipinski definition) is 6. The smallest absolute Gasteiger partial charge is 0.337 e. The number of ether oxygens (including phenoxy) is 1. The minimum atomic E-state index is -0.331. The first kappa shape index (κ1) is 17.7. The Morgan fingerprint density at radius 2 is 1.93 bits per heavy atom. The second kappa shape index (κ2) is 7.90. The van der Waals surface area contributed by atoms with E-state index in [1.807, 2.05) is 42.6 Å². The highest BCUT2D eigenvalue weighted by Crippen LogP contribution is 2.31. The van der Waals surface area contributed by atoms with E-state index in [4.69, 9.17) is 9.72 Å². The van der Waals surface area contributed by atoms with Gasteiger partial charge < -0.3 is 4.74 Å². The number of pyridine rings is 1.